The monoisotopic (exact) mass is 296 g/mol. The number of carbonyl (C=O) groups is 1. The first-order valence-electron chi connectivity index (χ1n) is 6.81. The number of hydrogen-bond acceptors (Lipinski definition) is 5. The number of pyridine rings is 1. The normalized spacial score (nSPS) is 10.7. The lowest BCUT2D eigenvalue weighted by Crippen LogP contribution is -2.07. The van der Waals surface area contributed by atoms with Crippen LogP contribution in [0.4, 0.5) is 5.69 Å². The lowest BCUT2D eigenvalue weighted by Gasteiger charge is -2.11. The maximum atomic E-state index is 11.8. The van der Waals surface area contributed by atoms with Crippen LogP contribution in [0.25, 0.3) is 17.0 Å². The molecular formula is C16H16N4O2. The van der Waals surface area contributed by atoms with Crippen molar-refractivity contribution in [1.82, 2.24) is 14.6 Å². The average Bonchev–Trinajstić information content (AvgIpc) is 2.98. The summed E-state index contributed by atoms with van der Waals surface area (Å²) in [5.41, 5.74) is 2.88. The van der Waals surface area contributed by atoms with E-state index in [4.69, 9.17) is 4.74 Å². The van der Waals surface area contributed by atoms with E-state index >= 15 is 0 Å². The van der Waals surface area contributed by atoms with Crippen LogP contribution in [0.3, 0.4) is 0 Å². The second-order valence-electron chi connectivity index (χ2n) is 5.06. The fourth-order valence-corrected chi connectivity index (χ4v) is 2.21. The topological polar surface area (TPSA) is 59.7 Å². The van der Waals surface area contributed by atoms with Crippen molar-refractivity contribution in [1.29, 1.82) is 0 Å². The molecule has 0 aliphatic carbocycles. The van der Waals surface area contributed by atoms with Crippen LogP contribution in [0.5, 0.6) is 0 Å². The van der Waals surface area contributed by atoms with Gasteiger partial charge in [0, 0.05) is 31.5 Å². The van der Waals surface area contributed by atoms with E-state index in [0.29, 0.717) is 17.0 Å². The number of anilines is 1. The molecule has 1 aromatic carbocycles. The van der Waals surface area contributed by atoms with Gasteiger partial charge in [-0.05, 0) is 36.4 Å². The molecule has 112 valence electrons. The summed E-state index contributed by atoms with van der Waals surface area (Å²) in [6, 6.07) is 11.3. The highest BCUT2D eigenvalue weighted by molar-refractivity contribution is 5.95. The summed E-state index contributed by atoms with van der Waals surface area (Å²) in [5, 5.41) is 4.42. The third-order valence-corrected chi connectivity index (χ3v) is 3.41. The summed E-state index contributed by atoms with van der Waals surface area (Å²) < 4.78 is 6.36. The predicted molar refractivity (Wildman–Crippen MR) is 84.1 cm³/mol. The first kappa shape index (κ1) is 14.1. The Hall–Kier alpha value is -2.89. The number of carbonyl (C=O) groups excluding carboxylic acids is 1. The maximum Gasteiger partial charge on any atom is 0.341 e. The zero-order valence-electron chi connectivity index (χ0n) is 12.6. The quantitative estimate of drug-likeness (QED) is 0.694. The van der Waals surface area contributed by atoms with Crippen molar-refractivity contribution in [3.63, 3.8) is 0 Å². The number of rotatable bonds is 3. The Morgan fingerprint density at radius 3 is 2.55 bits per heavy atom. The minimum absolute atomic E-state index is 0.397. The number of hydrogen-bond donors (Lipinski definition) is 0. The molecule has 6 heteroatoms. The second-order valence-corrected chi connectivity index (χ2v) is 5.06. The van der Waals surface area contributed by atoms with E-state index in [9.17, 15) is 4.79 Å². The average molecular weight is 296 g/mol. The van der Waals surface area contributed by atoms with Gasteiger partial charge in [0.05, 0.1) is 7.11 Å². The zero-order valence-corrected chi connectivity index (χ0v) is 12.6. The van der Waals surface area contributed by atoms with Crippen LogP contribution in [0.15, 0.2) is 42.6 Å². The van der Waals surface area contributed by atoms with Crippen molar-refractivity contribution in [2.24, 2.45) is 0 Å². The van der Waals surface area contributed by atoms with E-state index in [-0.39, 0.29) is 0 Å². The SMILES string of the molecule is COC(=O)c1cccn2nc(-c3ccc(N(C)C)cc3)nc12. The van der Waals surface area contributed by atoms with Gasteiger partial charge in [-0.15, -0.1) is 5.10 Å². The van der Waals surface area contributed by atoms with Crippen LogP contribution in [-0.4, -0.2) is 41.8 Å². The van der Waals surface area contributed by atoms with Crippen molar-refractivity contribution in [2.45, 2.75) is 0 Å². The highest BCUT2D eigenvalue weighted by Gasteiger charge is 2.15. The van der Waals surface area contributed by atoms with Crippen LogP contribution in [0, 0.1) is 0 Å². The Balaban J connectivity index is 2.07. The van der Waals surface area contributed by atoms with Crippen LogP contribution in [0.1, 0.15) is 10.4 Å². The molecule has 3 rings (SSSR count). The standard InChI is InChI=1S/C16H16N4O2/c1-19(2)12-8-6-11(7-9-12)14-17-15-13(16(21)22-3)5-4-10-20(15)18-14/h4-10H,1-3H3. The van der Waals surface area contributed by atoms with E-state index in [1.165, 1.54) is 7.11 Å². The molecule has 3 aromatic rings. The fourth-order valence-electron chi connectivity index (χ4n) is 2.21. The van der Waals surface area contributed by atoms with Crippen LogP contribution in [0.2, 0.25) is 0 Å². The van der Waals surface area contributed by atoms with Gasteiger partial charge < -0.3 is 9.64 Å². The van der Waals surface area contributed by atoms with E-state index in [2.05, 4.69) is 10.1 Å². The molecule has 22 heavy (non-hydrogen) atoms. The van der Waals surface area contributed by atoms with Gasteiger partial charge in [-0.25, -0.2) is 14.3 Å². The lowest BCUT2D eigenvalue weighted by molar-refractivity contribution is 0.0602. The molecular weight excluding hydrogens is 280 g/mol. The minimum Gasteiger partial charge on any atom is -0.465 e. The molecule has 0 atom stereocenters. The van der Waals surface area contributed by atoms with Gasteiger partial charge in [0.25, 0.3) is 0 Å². The number of ether oxygens (including phenoxy) is 1. The molecule has 2 heterocycles. The van der Waals surface area contributed by atoms with Gasteiger partial charge in [-0.1, -0.05) is 0 Å². The number of methoxy groups -OCH3 is 1. The van der Waals surface area contributed by atoms with Crippen molar-refractivity contribution in [2.75, 3.05) is 26.1 Å². The summed E-state index contributed by atoms with van der Waals surface area (Å²) in [6.07, 6.45) is 1.76. The zero-order chi connectivity index (χ0) is 15.7. The lowest BCUT2D eigenvalue weighted by atomic mass is 10.2. The van der Waals surface area contributed by atoms with E-state index in [1.807, 2.05) is 43.3 Å². The smallest absolute Gasteiger partial charge is 0.341 e. The molecule has 0 aliphatic rings. The Bertz CT molecular complexity index is 822. The predicted octanol–water partition coefficient (Wildman–Crippen LogP) is 2.25. The first-order chi connectivity index (χ1) is 10.6. The largest absolute Gasteiger partial charge is 0.465 e. The van der Waals surface area contributed by atoms with Gasteiger partial charge in [-0.3, -0.25) is 0 Å². The van der Waals surface area contributed by atoms with Crippen molar-refractivity contribution in [3.05, 3.63) is 48.2 Å². The van der Waals surface area contributed by atoms with Crippen LogP contribution >= 0.6 is 0 Å². The molecule has 0 saturated heterocycles. The third-order valence-electron chi connectivity index (χ3n) is 3.41. The van der Waals surface area contributed by atoms with E-state index in [1.54, 1.807) is 22.8 Å². The Labute approximate surface area is 128 Å². The van der Waals surface area contributed by atoms with Crippen molar-refractivity contribution < 1.29 is 9.53 Å². The number of fused-ring (bicyclic) bond motifs is 1. The van der Waals surface area contributed by atoms with E-state index in [0.717, 1.165) is 11.3 Å². The first-order valence-corrected chi connectivity index (χ1v) is 6.81. The number of benzene rings is 1. The number of nitrogens with zero attached hydrogens (tertiary/aromatic N) is 4. The van der Waals surface area contributed by atoms with Crippen LogP contribution in [-0.2, 0) is 4.74 Å². The van der Waals surface area contributed by atoms with Gasteiger partial charge in [0.1, 0.15) is 5.56 Å². The molecule has 0 saturated carbocycles. The second kappa shape index (κ2) is 5.48. The summed E-state index contributed by atoms with van der Waals surface area (Å²) in [7, 11) is 5.32. The highest BCUT2D eigenvalue weighted by atomic mass is 16.5. The molecule has 0 radical (unpaired) electrons. The van der Waals surface area contributed by atoms with Gasteiger partial charge >= 0.3 is 5.97 Å². The summed E-state index contributed by atoms with van der Waals surface area (Å²) in [4.78, 5) is 18.3. The summed E-state index contributed by atoms with van der Waals surface area (Å²) in [5.74, 6) is 0.147. The molecule has 0 aliphatic heterocycles. The van der Waals surface area contributed by atoms with Gasteiger partial charge in [0.2, 0.25) is 0 Å². The number of esters is 1. The fraction of sp³-hybridized carbons (Fsp3) is 0.188. The van der Waals surface area contributed by atoms with Crippen molar-refractivity contribution in [3.8, 4) is 11.4 Å². The maximum absolute atomic E-state index is 11.8. The number of aromatic nitrogens is 3. The van der Waals surface area contributed by atoms with Gasteiger partial charge in [-0.2, -0.15) is 0 Å². The summed E-state index contributed by atoms with van der Waals surface area (Å²) >= 11 is 0. The molecule has 0 amide bonds. The molecule has 0 bridgehead atoms. The molecule has 0 fully saturated rings. The Morgan fingerprint density at radius 1 is 1.18 bits per heavy atom. The van der Waals surface area contributed by atoms with Crippen molar-refractivity contribution >= 4 is 17.3 Å². The van der Waals surface area contributed by atoms with E-state index < -0.39 is 5.97 Å². The van der Waals surface area contributed by atoms with Gasteiger partial charge in [0.15, 0.2) is 11.5 Å². The molecule has 0 spiro atoms. The Kier molecular flexibility index (Phi) is 3.50. The molecule has 6 nitrogen and oxygen atoms in total. The van der Waals surface area contributed by atoms with Crippen LogP contribution < -0.4 is 4.90 Å². The minimum atomic E-state index is -0.424. The molecule has 2 aromatic heterocycles. The third kappa shape index (κ3) is 2.39. The summed E-state index contributed by atoms with van der Waals surface area (Å²) in [6.45, 7) is 0. The molecule has 0 N–H and O–H groups in total. The molecule has 0 unspecified atom stereocenters. The Morgan fingerprint density at radius 2 is 1.91 bits per heavy atom. The highest BCUT2D eigenvalue weighted by Crippen LogP contribution is 2.21.